The van der Waals surface area contributed by atoms with Crippen LogP contribution in [0.3, 0.4) is 0 Å². The Morgan fingerprint density at radius 1 is 1.14 bits per heavy atom. The highest BCUT2D eigenvalue weighted by molar-refractivity contribution is 5.79. The summed E-state index contributed by atoms with van der Waals surface area (Å²) in [6.07, 6.45) is 0.367. The number of amides is 2. The Kier molecular flexibility index (Phi) is 6.59. The molecule has 2 aromatic rings. The average Bonchev–Trinajstić information content (AvgIpc) is 2.73. The SMILES string of the molecule is CNC(=O)CCNC(=O)CCn1c(=O)c(N2CCOCC2)nc2ccccc21. The molecule has 2 amide bonds. The number of carbonyl (C=O) groups excluding carboxylic acids is 2. The van der Waals surface area contributed by atoms with Gasteiger partial charge in [0.1, 0.15) is 0 Å². The van der Waals surface area contributed by atoms with E-state index in [2.05, 4.69) is 15.6 Å². The first kappa shape index (κ1) is 19.8. The number of hydrogen-bond acceptors (Lipinski definition) is 6. The number of aryl methyl sites for hydroxylation is 1. The van der Waals surface area contributed by atoms with Gasteiger partial charge in [-0.3, -0.25) is 14.4 Å². The lowest BCUT2D eigenvalue weighted by Gasteiger charge is -2.28. The van der Waals surface area contributed by atoms with Crippen LogP contribution in [0.5, 0.6) is 0 Å². The van der Waals surface area contributed by atoms with Crippen LogP contribution in [0.1, 0.15) is 12.8 Å². The van der Waals surface area contributed by atoms with Crippen LogP contribution in [0.2, 0.25) is 0 Å². The molecule has 0 spiro atoms. The van der Waals surface area contributed by atoms with Crippen LogP contribution in [-0.2, 0) is 20.9 Å². The van der Waals surface area contributed by atoms with Crippen molar-refractivity contribution in [2.45, 2.75) is 19.4 Å². The Bertz CT molecular complexity index is 905. The summed E-state index contributed by atoms with van der Waals surface area (Å²) in [5.41, 5.74) is 1.20. The maximum absolute atomic E-state index is 13.1. The minimum Gasteiger partial charge on any atom is -0.378 e. The first-order valence-corrected chi connectivity index (χ1v) is 9.39. The molecule has 9 heteroatoms. The molecule has 0 bridgehead atoms. The predicted molar refractivity (Wildman–Crippen MR) is 105 cm³/mol. The highest BCUT2D eigenvalue weighted by Gasteiger charge is 2.19. The van der Waals surface area contributed by atoms with Gasteiger partial charge in [0.25, 0.3) is 5.56 Å². The molecule has 0 aliphatic carbocycles. The van der Waals surface area contributed by atoms with Crippen molar-refractivity contribution >= 4 is 28.7 Å². The van der Waals surface area contributed by atoms with Gasteiger partial charge in [-0.25, -0.2) is 4.98 Å². The zero-order valence-electron chi connectivity index (χ0n) is 15.9. The van der Waals surface area contributed by atoms with Crippen LogP contribution in [-0.4, -0.2) is 61.3 Å². The standard InChI is InChI=1S/C19H25N5O4/c1-20-16(25)6-8-21-17(26)7-9-24-15-5-3-2-4-14(15)22-18(19(24)27)23-10-12-28-13-11-23/h2-5H,6-13H2,1H3,(H,20,25)(H,21,26). The number of para-hydroxylation sites is 2. The second-order valence-electron chi connectivity index (χ2n) is 6.50. The van der Waals surface area contributed by atoms with Gasteiger partial charge in [-0.2, -0.15) is 0 Å². The highest BCUT2D eigenvalue weighted by atomic mass is 16.5. The van der Waals surface area contributed by atoms with Crippen LogP contribution in [0, 0.1) is 0 Å². The van der Waals surface area contributed by atoms with E-state index in [0.29, 0.717) is 43.2 Å². The summed E-state index contributed by atoms with van der Waals surface area (Å²) in [5, 5.41) is 5.21. The largest absolute Gasteiger partial charge is 0.378 e. The fourth-order valence-corrected chi connectivity index (χ4v) is 3.12. The Morgan fingerprint density at radius 3 is 2.64 bits per heavy atom. The fraction of sp³-hybridized carbons (Fsp3) is 0.474. The van der Waals surface area contributed by atoms with Crippen molar-refractivity contribution in [3.63, 3.8) is 0 Å². The molecule has 1 saturated heterocycles. The van der Waals surface area contributed by atoms with Crippen LogP contribution in [0.4, 0.5) is 5.82 Å². The second kappa shape index (κ2) is 9.32. The molecular weight excluding hydrogens is 362 g/mol. The smallest absolute Gasteiger partial charge is 0.294 e. The molecule has 3 rings (SSSR count). The number of fused-ring (bicyclic) bond motifs is 1. The van der Waals surface area contributed by atoms with Gasteiger partial charge in [0, 0.05) is 46.1 Å². The molecule has 150 valence electrons. The highest BCUT2D eigenvalue weighted by Crippen LogP contribution is 2.15. The minimum absolute atomic E-state index is 0.133. The Morgan fingerprint density at radius 2 is 1.89 bits per heavy atom. The van der Waals surface area contributed by atoms with Gasteiger partial charge in [-0.05, 0) is 12.1 Å². The van der Waals surface area contributed by atoms with E-state index in [1.807, 2.05) is 29.2 Å². The number of nitrogens with one attached hydrogen (secondary N) is 2. The van der Waals surface area contributed by atoms with Gasteiger partial charge >= 0.3 is 0 Å². The maximum atomic E-state index is 13.1. The van der Waals surface area contributed by atoms with Crippen molar-refractivity contribution in [1.82, 2.24) is 20.2 Å². The first-order valence-electron chi connectivity index (χ1n) is 9.39. The van der Waals surface area contributed by atoms with Gasteiger partial charge < -0.3 is 24.8 Å². The number of carbonyl (C=O) groups is 2. The number of nitrogens with zero attached hydrogens (tertiary/aromatic N) is 3. The number of rotatable bonds is 7. The molecule has 2 N–H and O–H groups in total. The van der Waals surface area contributed by atoms with Gasteiger partial charge in [0.05, 0.1) is 24.2 Å². The monoisotopic (exact) mass is 387 g/mol. The Balaban J connectivity index is 1.77. The molecule has 1 aliphatic rings. The van der Waals surface area contributed by atoms with Crippen molar-refractivity contribution in [2.24, 2.45) is 0 Å². The number of ether oxygens (including phenoxy) is 1. The van der Waals surface area contributed by atoms with E-state index < -0.39 is 0 Å². The van der Waals surface area contributed by atoms with E-state index in [4.69, 9.17) is 4.74 Å². The number of anilines is 1. The summed E-state index contributed by atoms with van der Waals surface area (Å²) in [5.74, 6) is 0.0541. The van der Waals surface area contributed by atoms with E-state index in [-0.39, 0.29) is 43.3 Å². The van der Waals surface area contributed by atoms with Crippen molar-refractivity contribution in [3.05, 3.63) is 34.6 Å². The maximum Gasteiger partial charge on any atom is 0.294 e. The van der Waals surface area contributed by atoms with Crippen LogP contribution in [0.25, 0.3) is 11.0 Å². The molecule has 9 nitrogen and oxygen atoms in total. The van der Waals surface area contributed by atoms with E-state index in [9.17, 15) is 14.4 Å². The normalized spacial score (nSPS) is 14.1. The van der Waals surface area contributed by atoms with Gasteiger partial charge in [0.15, 0.2) is 5.82 Å². The van der Waals surface area contributed by atoms with Crippen molar-refractivity contribution in [2.75, 3.05) is 44.8 Å². The number of morpholine rings is 1. The first-order chi connectivity index (χ1) is 13.6. The summed E-state index contributed by atoms with van der Waals surface area (Å²) in [6, 6.07) is 7.41. The molecule has 2 heterocycles. The summed E-state index contributed by atoms with van der Waals surface area (Å²) in [4.78, 5) is 42.9. The summed E-state index contributed by atoms with van der Waals surface area (Å²) < 4.78 is 6.96. The van der Waals surface area contributed by atoms with Crippen molar-refractivity contribution in [1.29, 1.82) is 0 Å². The van der Waals surface area contributed by atoms with Crippen LogP contribution < -0.4 is 21.1 Å². The molecular formula is C19H25N5O4. The Hall–Kier alpha value is -2.94. The lowest BCUT2D eigenvalue weighted by Crippen LogP contribution is -2.41. The lowest BCUT2D eigenvalue weighted by atomic mass is 10.2. The van der Waals surface area contributed by atoms with Crippen LogP contribution in [0.15, 0.2) is 29.1 Å². The van der Waals surface area contributed by atoms with Gasteiger partial charge in [-0.15, -0.1) is 0 Å². The average molecular weight is 387 g/mol. The zero-order chi connectivity index (χ0) is 19.9. The molecule has 1 aliphatic heterocycles. The van der Waals surface area contributed by atoms with E-state index in [0.717, 1.165) is 0 Å². The molecule has 28 heavy (non-hydrogen) atoms. The number of hydrogen-bond donors (Lipinski definition) is 2. The molecule has 0 radical (unpaired) electrons. The predicted octanol–water partition coefficient (Wildman–Crippen LogP) is -0.124. The van der Waals surface area contributed by atoms with E-state index in [1.165, 1.54) is 0 Å². The molecule has 1 fully saturated rings. The van der Waals surface area contributed by atoms with Crippen molar-refractivity contribution in [3.8, 4) is 0 Å². The lowest BCUT2D eigenvalue weighted by molar-refractivity contribution is -0.122. The van der Waals surface area contributed by atoms with E-state index in [1.54, 1.807) is 11.6 Å². The summed E-state index contributed by atoms with van der Waals surface area (Å²) in [6.45, 7) is 2.85. The number of aromatic nitrogens is 2. The topological polar surface area (TPSA) is 106 Å². The fourth-order valence-electron chi connectivity index (χ4n) is 3.12. The molecule has 1 aromatic heterocycles. The summed E-state index contributed by atoms with van der Waals surface area (Å²) in [7, 11) is 1.55. The molecule has 0 saturated carbocycles. The third kappa shape index (κ3) is 4.66. The van der Waals surface area contributed by atoms with E-state index >= 15 is 0 Å². The molecule has 1 aromatic carbocycles. The number of benzene rings is 1. The molecule has 0 unspecified atom stereocenters. The van der Waals surface area contributed by atoms with Gasteiger partial charge in [-0.1, -0.05) is 12.1 Å². The van der Waals surface area contributed by atoms with Crippen molar-refractivity contribution < 1.29 is 14.3 Å². The third-order valence-corrected chi connectivity index (χ3v) is 4.66. The minimum atomic E-state index is -0.209. The van der Waals surface area contributed by atoms with Gasteiger partial charge in [0.2, 0.25) is 11.8 Å². The second-order valence-corrected chi connectivity index (χ2v) is 6.50. The summed E-state index contributed by atoms with van der Waals surface area (Å²) >= 11 is 0. The molecule has 0 atom stereocenters. The zero-order valence-corrected chi connectivity index (χ0v) is 15.9. The quantitative estimate of drug-likeness (QED) is 0.686. The third-order valence-electron chi connectivity index (χ3n) is 4.66. The van der Waals surface area contributed by atoms with Crippen LogP contribution >= 0.6 is 0 Å². The Labute approximate surface area is 162 Å².